The monoisotopic (exact) mass is 338 g/mol. The second-order valence-corrected chi connectivity index (χ2v) is 5.57. The topological polar surface area (TPSA) is 41.5 Å². The zero-order valence-corrected chi connectivity index (χ0v) is 13.0. The van der Waals surface area contributed by atoms with Crippen LogP contribution in [0.15, 0.2) is 52.5 Å². The Balaban J connectivity index is 1.97. The highest BCUT2D eigenvalue weighted by molar-refractivity contribution is 8.00. The smallest absolute Gasteiger partial charge is 0.250 e. The van der Waals surface area contributed by atoms with Crippen molar-refractivity contribution in [2.75, 3.05) is 5.75 Å². The maximum Gasteiger partial charge on any atom is 0.250 e. The second kappa shape index (κ2) is 7.82. The zero-order chi connectivity index (χ0) is 16.8. The number of carbonyl (C=O) groups excluding carboxylic acids is 1. The summed E-state index contributed by atoms with van der Waals surface area (Å²) in [7, 11) is 0. The van der Waals surface area contributed by atoms with Gasteiger partial charge < -0.3 is 0 Å². The van der Waals surface area contributed by atoms with Crippen molar-refractivity contribution in [1.82, 2.24) is 5.43 Å². The molecule has 0 atom stereocenters. The molecular weight excluding hydrogens is 325 g/mol. The van der Waals surface area contributed by atoms with Crippen LogP contribution in [0.2, 0.25) is 0 Å². The lowest BCUT2D eigenvalue weighted by Crippen LogP contribution is -2.21. The summed E-state index contributed by atoms with van der Waals surface area (Å²) in [6, 6.07) is 9.51. The molecule has 2 rings (SSSR count). The molecule has 0 aliphatic carbocycles. The largest absolute Gasteiger partial charge is 0.272 e. The van der Waals surface area contributed by atoms with Crippen LogP contribution >= 0.6 is 11.8 Å². The van der Waals surface area contributed by atoms with Gasteiger partial charge >= 0.3 is 0 Å². The summed E-state index contributed by atoms with van der Waals surface area (Å²) in [6.07, 6.45) is 0. The minimum atomic E-state index is -0.763. The highest BCUT2D eigenvalue weighted by atomic mass is 32.2. The number of carbonyl (C=O) groups is 1. The molecule has 0 unspecified atom stereocenters. The lowest BCUT2D eigenvalue weighted by molar-refractivity contribution is -0.118. The molecule has 2 aromatic rings. The van der Waals surface area contributed by atoms with Gasteiger partial charge in [-0.3, -0.25) is 4.79 Å². The van der Waals surface area contributed by atoms with Crippen molar-refractivity contribution in [3.63, 3.8) is 0 Å². The summed E-state index contributed by atoms with van der Waals surface area (Å²) in [5.41, 5.74) is 1.91. The van der Waals surface area contributed by atoms with E-state index in [0.29, 0.717) is 4.90 Å². The maximum atomic E-state index is 13.6. The second-order valence-electron chi connectivity index (χ2n) is 4.55. The number of rotatable bonds is 5. The lowest BCUT2D eigenvalue weighted by Gasteiger charge is -2.05. The Morgan fingerprint density at radius 1 is 1.04 bits per heavy atom. The summed E-state index contributed by atoms with van der Waals surface area (Å²) < 4.78 is 40.5. The van der Waals surface area contributed by atoms with Gasteiger partial charge in [-0.2, -0.15) is 5.10 Å². The quantitative estimate of drug-likeness (QED) is 0.513. The molecule has 1 N–H and O–H groups in total. The molecule has 0 aliphatic rings. The Morgan fingerprint density at radius 2 is 1.65 bits per heavy atom. The van der Waals surface area contributed by atoms with Crippen LogP contribution in [0.1, 0.15) is 12.5 Å². The number of hydrazone groups is 1. The minimum Gasteiger partial charge on any atom is -0.272 e. The van der Waals surface area contributed by atoms with Crippen molar-refractivity contribution < 1.29 is 18.0 Å². The molecule has 0 fully saturated rings. The first kappa shape index (κ1) is 17.1. The molecule has 23 heavy (non-hydrogen) atoms. The number of hydrogen-bond donors (Lipinski definition) is 1. The predicted octanol–water partition coefficient (Wildman–Crippen LogP) is 3.74. The number of hydrogen-bond acceptors (Lipinski definition) is 3. The Kier molecular flexibility index (Phi) is 5.81. The van der Waals surface area contributed by atoms with Crippen molar-refractivity contribution in [1.29, 1.82) is 0 Å². The van der Waals surface area contributed by atoms with Crippen LogP contribution in [-0.2, 0) is 4.79 Å². The molecule has 0 radical (unpaired) electrons. The highest BCUT2D eigenvalue weighted by Gasteiger charge is 2.12. The van der Waals surface area contributed by atoms with Crippen LogP contribution in [0.3, 0.4) is 0 Å². The van der Waals surface area contributed by atoms with Gasteiger partial charge in [0.15, 0.2) is 0 Å². The summed E-state index contributed by atoms with van der Waals surface area (Å²) in [5, 5.41) is 3.68. The van der Waals surface area contributed by atoms with Crippen LogP contribution < -0.4 is 5.43 Å². The summed E-state index contributed by atoms with van der Waals surface area (Å²) >= 11 is 1.00. The van der Waals surface area contributed by atoms with Gasteiger partial charge in [-0.15, -0.1) is 11.8 Å². The normalized spacial score (nSPS) is 11.4. The van der Waals surface area contributed by atoms with Crippen molar-refractivity contribution in [2.24, 2.45) is 5.10 Å². The van der Waals surface area contributed by atoms with E-state index in [-0.39, 0.29) is 17.0 Å². The van der Waals surface area contributed by atoms with Crippen LogP contribution in [-0.4, -0.2) is 17.4 Å². The van der Waals surface area contributed by atoms with Crippen LogP contribution in [0.4, 0.5) is 13.2 Å². The molecule has 0 saturated carbocycles. The fourth-order valence-corrected chi connectivity index (χ4v) is 2.51. The molecule has 3 nitrogen and oxygen atoms in total. The zero-order valence-electron chi connectivity index (χ0n) is 12.1. The molecule has 7 heteroatoms. The maximum absolute atomic E-state index is 13.6. The van der Waals surface area contributed by atoms with Gasteiger partial charge in [0.25, 0.3) is 0 Å². The first-order valence-electron chi connectivity index (χ1n) is 6.64. The Labute approximate surface area is 135 Å². The number of amides is 1. The first-order valence-corrected chi connectivity index (χ1v) is 7.62. The van der Waals surface area contributed by atoms with Crippen LogP contribution in [0.25, 0.3) is 0 Å². The van der Waals surface area contributed by atoms with Crippen LogP contribution in [0.5, 0.6) is 0 Å². The van der Waals surface area contributed by atoms with Crippen molar-refractivity contribution in [3.05, 3.63) is 65.5 Å². The SMILES string of the molecule is C/C(=N/NC(=O)CSc1ccccc1F)c1c(F)cccc1F. The summed E-state index contributed by atoms with van der Waals surface area (Å²) in [4.78, 5) is 12.0. The van der Waals surface area contributed by atoms with E-state index in [1.165, 1.54) is 19.1 Å². The fourth-order valence-electron chi connectivity index (χ4n) is 1.78. The number of benzene rings is 2. The summed E-state index contributed by atoms with van der Waals surface area (Å²) in [6.45, 7) is 1.38. The number of nitrogens with one attached hydrogen (secondary N) is 1. The average molecular weight is 338 g/mol. The van der Waals surface area contributed by atoms with E-state index < -0.39 is 23.4 Å². The van der Waals surface area contributed by atoms with Gasteiger partial charge in [-0.1, -0.05) is 18.2 Å². The van der Waals surface area contributed by atoms with Gasteiger partial charge in [0.2, 0.25) is 5.91 Å². The molecule has 0 saturated heterocycles. The molecule has 0 aromatic heterocycles. The Hall–Kier alpha value is -2.28. The fraction of sp³-hybridized carbons (Fsp3) is 0.125. The van der Waals surface area contributed by atoms with Gasteiger partial charge in [-0.05, 0) is 31.2 Å². The number of thioether (sulfide) groups is 1. The van der Waals surface area contributed by atoms with E-state index in [9.17, 15) is 18.0 Å². The van der Waals surface area contributed by atoms with E-state index in [4.69, 9.17) is 0 Å². The van der Waals surface area contributed by atoms with E-state index in [1.807, 2.05) is 0 Å². The average Bonchev–Trinajstić information content (AvgIpc) is 2.52. The molecule has 0 heterocycles. The first-order chi connectivity index (χ1) is 11.0. The van der Waals surface area contributed by atoms with Gasteiger partial charge in [0.1, 0.15) is 17.5 Å². The van der Waals surface area contributed by atoms with E-state index in [0.717, 1.165) is 23.9 Å². The molecule has 2 aromatic carbocycles. The third-order valence-electron chi connectivity index (χ3n) is 2.87. The van der Waals surface area contributed by atoms with Crippen LogP contribution in [0, 0.1) is 17.5 Å². The standard InChI is InChI=1S/C16H13F3N2OS/c1-10(16-12(18)6-4-7-13(16)19)20-21-15(22)9-23-14-8-3-2-5-11(14)17/h2-8H,9H2,1H3,(H,21,22)/b20-10-. The summed E-state index contributed by atoms with van der Waals surface area (Å²) in [5.74, 6) is -2.52. The molecule has 0 aliphatic heterocycles. The molecule has 0 spiro atoms. The van der Waals surface area contributed by atoms with Gasteiger partial charge in [0.05, 0.1) is 17.0 Å². The highest BCUT2D eigenvalue weighted by Crippen LogP contribution is 2.20. The van der Waals surface area contributed by atoms with Crippen molar-refractivity contribution in [3.8, 4) is 0 Å². The lowest BCUT2D eigenvalue weighted by atomic mass is 10.1. The van der Waals surface area contributed by atoms with E-state index in [2.05, 4.69) is 10.5 Å². The minimum absolute atomic E-state index is 0.00448. The Bertz CT molecular complexity index is 730. The van der Waals surface area contributed by atoms with E-state index in [1.54, 1.807) is 18.2 Å². The van der Waals surface area contributed by atoms with E-state index >= 15 is 0 Å². The molecule has 120 valence electrons. The van der Waals surface area contributed by atoms with Gasteiger partial charge in [0, 0.05) is 4.90 Å². The number of halogens is 3. The molecular formula is C16H13F3N2OS. The Morgan fingerprint density at radius 3 is 2.30 bits per heavy atom. The third-order valence-corrected chi connectivity index (χ3v) is 3.92. The number of nitrogens with zero attached hydrogens (tertiary/aromatic N) is 1. The molecule has 0 bridgehead atoms. The van der Waals surface area contributed by atoms with Gasteiger partial charge in [-0.25, -0.2) is 18.6 Å². The van der Waals surface area contributed by atoms with Crippen molar-refractivity contribution >= 4 is 23.4 Å². The van der Waals surface area contributed by atoms with Crippen molar-refractivity contribution in [2.45, 2.75) is 11.8 Å². The third kappa shape index (κ3) is 4.59. The predicted molar refractivity (Wildman–Crippen MR) is 83.8 cm³/mol. The molecule has 1 amide bonds.